The Morgan fingerprint density at radius 2 is 2.06 bits per heavy atom. The van der Waals surface area contributed by atoms with Crippen LogP contribution in [0.3, 0.4) is 0 Å². The van der Waals surface area contributed by atoms with Crippen molar-refractivity contribution in [3.8, 4) is 11.3 Å². The summed E-state index contributed by atoms with van der Waals surface area (Å²) in [6.07, 6.45) is 2.00. The Bertz CT molecular complexity index is 700. The molecule has 5 heteroatoms. The van der Waals surface area contributed by atoms with E-state index in [0.29, 0.717) is 5.02 Å². The van der Waals surface area contributed by atoms with Gasteiger partial charge in [0.1, 0.15) is 0 Å². The topological polar surface area (TPSA) is 37.5 Å². The molecule has 0 aliphatic rings. The van der Waals surface area contributed by atoms with E-state index in [9.17, 15) is 5.11 Å². The minimum Gasteiger partial charge on any atom is -0.390 e. The quantitative estimate of drug-likeness (QED) is 0.779. The van der Waals surface area contributed by atoms with Crippen molar-refractivity contribution in [3.63, 3.8) is 0 Å². The molecule has 0 spiro atoms. The van der Waals surface area contributed by atoms with Gasteiger partial charge in [-0.05, 0) is 19.1 Å². The minimum absolute atomic E-state index is 0.0324. The lowest BCUT2D eigenvalue weighted by atomic mass is 10.1. The third-order valence-electron chi connectivity index (χ3n) is 2.81. The Kier molecular flexibility index (Phi) is 2.86. The largest absolute Gasteiger partial charge is 0.390 e. The van der Waals surface area contributed by atoms with Crippen molar-refractivity contribution in [3.05, 3.63) is 46.1 Å². The molecule has 1 N–H and O–H groups in total. The second-order valence-electron chi connectivity index (χ2n) is 4.07. The first kappa shape index (κ1) is 11.7. The maximum Gasteiger partial charge on any atom is 0.194 e. The summed E-state index contributed by atoms with van der Waals surface area (Å²) >= 11 is 7.49. The number of aromatic nitrogens is 2. The van der Waals surface area contributed by atoms with Gasteiger partial charge in [0, 0.05) is 21.7 Å². The van der Waals surface area contributed by atoms with Gasteiger partial charge in [-0.1, -0.05) is 23.7 Å². The molecule has 0 radical (unpaired) electrons. The number of thiazole rings is 1. The Labute approximate surface area is 113 Å². The van der Waals surface area contributed by atoms with Gasteiger partial charge in [0.15, 0.2) is 4.96 Å². The third-order valence-corrected chi connectivity index (χ3v) is 3.96. The summed E-state index contributed by atoms with van der Waals surface area (Å²) in [5.41, 5.74) is 2.61. The molecule has 18 heavy (non-hydrogen) atoms. The average Bonchev–Trinajstić information content (AvgIpc) is 2.85. The van der Waals surface area contributed by atoms with E-state index < -0.39 is 0 Å². The zero-order chi connectivity index (χ0) is 12.7. The summed E-state index contributed by atoms with van der Waals surface area (Å²) in [6, 6.07) is 7.50. The number of fused-ring (bicyclic) bond motifs is 1. The van der Waals surface area contributed by atoms with Gasteiger partial charge >= 0.3 is 0 Å². The fourth-order valence-corrected chi connectivity index (χ4v) is 2.96. The Hall–Kier alpha value is -1.36. The highest BCUT2D eigenvalue weighted by Crippen LogP contribution is 2.28. The summed E-state index contributed by atoms with van der Waals surface area (Å²) < 4.78 is 1.95. The van der Waals surface area contributed by atoms with Crippen LogP contribution in [0, 0.1) is 6.92 Å². The van der Waals surface area contributed by atoms with E-state index >= 15 is 0 Å². The van der Waals surface area contributed by atoms with E-state index in [4.69, 9.17) is 11.6 Å². The van der Waals surface area contributed by atoms with E-state index in [1.54, 1.807) is 11.3 Å². The average molecular weight is 279 g/mol. The maximum absolute atomic E-state index is 9.55. The zero-order valence-electron chi connectivity index (χ0n) is 9.72. The number of rotatable bonds is 2. The molecule has 92 valence electrons. The second-order valence-corrected chi connectivity index (χ2v) is 5.72. The molecule has 0 amide bonds. The van der Waals surface area contributed by atoms with Crippen molar-refractivity contribution in [1.29, 1.82) is 0 Å². The summed E-state index contributed by atoms with van der Waals surface area (Å²) in [5.74, 6) is 0. The number of aliphatic hydroxyl groups excluding tert-OH is 1. The first-order valence-electron chi connectivity index (χ1n) is 5.53. The lowest BCUT2D eigenvalue weighted by Gasteiger charge is -2.01. The first-order chi connectivity index (χ1) is 8.69. The van der Waals surface area contributed by atoms with Crippen LogP contribution in [0.15, 0.2) is 30.5 Å². The van der Waals surface area contributed by atoms with Gasteiger partial charge in [0.2, 0.25) is 0 Å². The number of imidazole rings is 1. The van der Waals surface area contributed by atoms with Crippen LogP contribution in [0.2, 0.25) is 5.02 Å². The molecule has 2 aromatic heterocycles. The summed E-state index contributed by atoms with van der Waals surface area (Å²) in [5, 5.41) is 10.2. The van der Waals surface area contributed by atoms with Crippen molar-refractivity contribution in [2.24, 2.45) is 0 Å². The number of nitrogens with zero attached hydrogens (tertiary/aromatic N) is 2. The molecule has 2 heterocycles. The molecular weight excluding hydrogens is 268 g/mol. The number of aryl methyl sites for hydroxylation is 1. The van der Waals surface area contributed by atoms with Crippen LogP contribution in [0.5, 0.6) is 0 Å². The molecule has 0 atom stereocenters. The predicted octanol–water partition coefficient (Wildman–Crippen LogP) is 3.52. The van der Waals surface area contributed by atoms with E-state index in [1.807, 2.05) is 41.8 Å². The molecule has 0 saturated carbocycles. The van der Waals surface area contributed by atoms with Crippen LogP contribution >= 0.6 is 22.9 Å². The van der Waals surface area contributed by atoms with Crippen LogP contribution in [0.4, 0.5) is 0 Å². The number of benzene rings is 1. The highest BCUT2D eigenvalue weighted by Gasteiger charge is 2.14. The molecule has 0 aliphatic carbocycles. The Morgan fingerprint density at radius 3 is 2.72 bits per heavy atom. The summed E-state index contributed by atoms with van der Waals surface area (Å²) in [4.78, 5) is 6.66. The van der Waals surface area contributed by atoms with Crippen molar-refractivity contribution in [1.82, 2.24) is 9.38 Å². The van der Waals surface area contributed by atoms with Crippen LogP contribution in [0.1, 0.15) is 10.6 Å². The third kappa shape index (κ3) is 1.82. The Balaban J connectivity index is 2.22. The maximum atomic E-state index is 9.55. The second kappa shape index (κ2) is 4.39. The van der Waals surface area contributed by atoms with Crippen molar-refractivity contribution in [2.45, 2.75) is 13.5 Å². The van der Waals surface area contributed by atoms with Crippen LogP contribution in [0.25, 0.3) is 16.2 Å². The van der Waals surface area contributed by atoms with Gasteiger partial charge in [-0.25, -0.2) is 4.98 Å². The highest BCUT2D eigenvalue weighted by atomic mass is 35.5. The summed E-state index contributed by atoms with van der Waals surface area (Å²) in [6.45, 7) is 2.00. The number of halogens is 1. The molecule has 0 fully saturated rings. The zero-order valence-corrected chi connectivity index (χ0v) is 11.3. The van der Waals surface area contributed by atoms with E-state index in [0.717, 1.165) is 21.9 Å². The van der Waals surface area contributed by atoms with Gasteiger partial charge < -0.3 is 5.11 Å². The standard InChI is InChI=1S/C13H11ClN2OS/c1-8-6-16-11(7-17)12(15-13(16)18-8)9-2-4-10(14)5-3-9/h2-6,17H,7H2,1H3. The number of hydrogen-bond donors (Lipinski definition) is 1. The van der Waals surface area contributed by atoms with E-state index in [2.05, 4.69) is 4.98 Å². The molecule has 3 nitrogen and oxygen atoms in total. The highest BCUT2D eigenvalue weighted by molar-refractivity contribution is 7.17. The Morgan fingerprint density at radius 1 is 1.33 bits per heavy atom. The molecule has 0 aliphatic heterocycles. The smallest absolute Gasteiger partial charge is 0.194 e. The van der Waals surface area contributed by atoms with Gasteiger partial charge in [-0.2, -0.15) is 0 Å². The SMILES string of the molecule is Cc1cn2c(CO)c(-c3ccc(Cl)cc3)nc2s1. The van der Waals surface area contributed by atoms with Crippen molar-refractivity contribution < 1.29 is 5.11 Å². The minimum atomic E-state index is -0.0324. The van der Waals surface area contributed by atoms with Crippen molar-refractivity contribution in [2.75, 3.05) is 0 Å². The molecule has 3 aromatic rings. The first-order valence-corrected chi connectivity index (χ1v) is 6.72. The fraction of sp³-hybridized carbons (Fsp3) is 0.154. The lowest BCUT2D eigenvalue weighted by Crippen LogP contribution is -1.92. The van der Waals surface area contributed by atoms with Crippen LogP contribution in [-0.4, -0.2) is 14.5 Å². The van der Waals surface area contributed by atoms with Gasteiger partial charge in [0.25, 0.3) is 0 Å². The normalized spacial score (nSPS) is 11.3. The summed E-state index contributed by atoms with van der Waals surface area (Å²) in [7, 11) is 0. The van der Waals surface area contributed by atoms with Crippen molar-refractivity contribution >= 4 is 27.9 Å². The number of aliphatic hydroxyl groups is 1. The predicted molar refractivity (Wildman–Crippen MR) is 74.2 cm³/mol. The van der Waals surface area contributed by atoms with Gasteiger partial charge in [-0.3, -0.25) is 4.40 Å². The van der Waals surface area contributed by atoms with E-state index in [1.165, 1.54) is 4.88 Å². The molecular formula is C13H11ClN2OS. The lowest BCUT2D eigenvalue weighted by molar-refractivity contribution is 0.276. The van der Waals surface area contributed by atoms with Crippen LogP contribution < -0.4 is 0 Å². The van der Waals surface area contributed by atoms with Gasteiger partial charge in [0.05, 0.1) is 18.0 Å². The monoisotopic (exact) mass is 278 g/mol. The molecule has 1 aromatic carbocycles. The van der Waals surface area contributed by atoms with Crippen LogP contribution in [-0.2, 0) is 6.61 Å². The fourth-order valence-electron chi connectivity index (χ4n) is 1.99. The molecule has 0 saturated heterocycles. The molecule has 3 rings (SSSR count). The van der Waals surface area contributed by atoms with E-state index in [-0.39, 0.29) is 6.61 Å². The number of hydrogen-bond acceptors (Lipinski definition) is 3. The molecule has 0 unspecified atom stereocenters. The molecule has 0 bridgehead atoms. The van der Waals surface area contributed by atoms with Gasteiger partial charge in [-0.15, -0.1) is 11.3 Å².